The lowest BCUT2D eigenvalue weighted by Crippen LogP contribution is -2.58. The largest absolute Gasteiger partial charge is 0.432 e. The second-order valence-electron chi connectivity index (χ2n) is 14.1. The SMILES string of the molecule is C=C1CC[C@@H]2CC[C@@H]1CCC[C@H]1[C@@]2(C)CCC[C@@]1(C)C(=O)O[C@@H]1O[C@H](CO)C[C@H](O)[C@H]1O[C@H]1C[C@@H](O)[C@H](O)[C@@H](CO)O1. The van der Waals surface area contributed by atoms with E-state index in [1.807, 2.05) is 6.92 Å². The van der Waals surface area contributed by atoms with Crippen molar-refractivity contribution in [3.63, 3.8) is 0 Å². The highest BCUT2D eigenvalue weighted by atomic mass is 16.8. The number of aliphatic hydroxyl groups is 5. The van der Waals surface area contributed by atoms with Crippen molar-refractivity contribution in [1.82, 2.24) is 0 Å². The van der Waals surface area contributed by atoms with E-state index in [0.717, 1.165) is 51.4 Å². The van der Waals surface area contributed by atoms with Gasteiger partial charge in [-0.2, -0.15) is 0 Å². The van der Waals surface area contributed by atoms with Crippen LogP contribution in [0.5, 0.6) is 0 Å². The number of hydrogen-bond acceptors (Lipinski definition) is 10. The molecule has 0 aromatic heterocycles. The normalized spacial score (nSPS) is 48.4. The van der Waals surface area contributed by atoms with Gasteiger partial charge in [-0.3, -0.25) is 4.79 Å². The number of ether oxygens (including phenoxy) is 4. The molecule has 5 aliphatic rings. The maximum absolute atomic E-state index is 14.3. The molecule has 0 aromatic carbocycles. The minimum absolute atomic E-state index is 0.00573. The molecule has 240 valence electrons. The molecular weight excluding hydrogens is 544 g/mol. The van der Waals surface area contributed by atoms with Crippen LogP contribution in [-0.2, 0) is 23.7 Å². The lowest BCUT2D eigenvalue weighted by Gasteiger charge is -2.55. The van der Waals surface area contributed by atoms with E-state index in [1.165, 1.54) is 12.0 Å². The minimum atomic E-state index is -1.30. The Morgan fingerprint density at radius 1 is 0.952 bits per heavy atom. The van der Waals surface area contributed by atoms with Crippen molar-refractivity contribution in [2.45, 2.75) is 140 Å². The van der Waals surface area contributed by atoms with Gasteiger partial charge in [-0.1, -0.05) is 31.9 Å². The molecule has 42 heavy (non-hydrogen) atoms. The highest BCUT2D eigenvalue weighted by Gasteiger charge is 2.57. The van der Waals surface area contributed by atoms with Gasteiger partial charge in [0, 0.05) is 12.8 Å². The van der Waals surface area contributed by atoms with Gasteiger partial charge >= 0.3 is 5.97 Å². The van der Waals surface area contributed by atoms with E-state index in [-0.39, 0.29) is 36.8 Å². The zero-order chi connectivity index (χ0) is 30.2. The van der Waals surface area contributed by atoms with Crippen LogP contribution in [0, 0.1) is 28.6 Å². The van der Waals surface area contributed by atoms with Crippen LogP contribution in [0.25, 0.3) is 0 Å². The molecule has 0 spiro atoms. The van der Waals surface area contributed by atoms with Gasteiger partial charge in [0.1, 0.15) is 18.3 Å². The van der Waals surface area contributed by atoms with Gasteiger partial charge in [0.05, 0.1) is 36.9 Å². The highest BCUT2D eigenvalue weighted by Crippen LogP contribution is 2.60. The zero-order valence-electron chi connectivity index (χ0n) is 25.2. The molecule has 5 N–H and O–H groups in total. The maximum atomic E-state index is 14.3. The van der Waals surface area contributed by atoms with Crippen LogP contribution in [0.3, 0.4) is 0 Å². The van der Waals surface area contributed by atoms with E-state index in [9.17, 15) is 30.3 Å². The molecule has 10 nitrogen and oxygen atoms in total. The van der Waals surface area contributed by atoms with E-state index in [1.54, 1.807) is 0 Å². The van der Waals surface area contributed by atoms with Gasteiger partial charge in [0.15, 0.2) is 6.29 Å². The molecule has 13 atom stereocenters. The molecule has 3 aliphatic carbocycles. The Bertz CT molecular complexity index is 960. The molecule has 0 radical (unpaired) electrons. The van der Waals surface area contributed by atoms with Crippen molar-refractivity contribution in [2.24, 2.45) is 28.6 Å². The Balaban J connectivity index is 1.36. The Morgan fingerprint density at radius 2 is 1.74 bits per heavy atom. The molecule has 10 heteroatoms. The van der Waals surface area contributed by atoms with E-state index in [0.29, 0.717) is 18.3 Å². The molecule has 2 bridgehead atoms. The fraction of sp³-hybridized carbons (Fsp3) is 0.906. The number of carbonyl (C=O) groups is 1. The average Bonchev–Trinajstić information content (AvgIpc) is 3.10. The molecule has 5 fully saturated rings. The summed E-state index contributed by atoms with van der Waals surface area (Å²) in [6, 6.07) is 0. The summed E-state index contributed by atoms with van der Waals surface area (Å²) in [6.45, 7) is 7.94. The second kappa shape index (κ2) is 13.1. The summed E-state index contributed by atoms with van der Waals surface area (Å²) in [5, 5.41) is 50.8. The van der Waals surface area contributed by atoms with E-state index >= 15 is 0 Å². The van der Waals surface area contributed by atoms with Crippen LogP contribution in [0.1, 0.15) is 90.9 Å². The molecule has 0 amide bonds. The molecule has 2 saturated heterocycles. The lowest BCUT2D eigenvalue weighted by atomic mass is 9.50. The number of rotatable bonds is 6. The van der Waals surface area contributed by atoms with Gasteiger partial charge < -0.3 is 44.5 Å². The van der Waals surface area contributed by atoms with Crippen molar-refractivity contribution in [1.29, 1.82) is 0 Å². The molecule has 0 aromatic rings. The average molecular weight is 597 g/mol. The standard InChI is InChI=1S/C32H52O10/c1-18-8-10-20-11-9-19(18)6-4-7-25-31(20,2)12-5-13-32(25,3)30(38)42-29-28(23(36)14-21(16-33)39-29)41-26-15-22(35)27(37)24(17-34)40-26/h19-29,33-37H,1,4-17H2,2-3H3/t19-,20+,21-,22+,23-,24+,25-,26-,27-,28+,29-,31-,32+/m0/s1. The number of aliphatic hydroxyl groups excluding tert-OH is 5. The van der Waals surface area contributed by atoms with Gasteiger partial charge in [-0.15, -0.1) is 0 Å². The quantitative estimate of drug-likeness (QED) is 0.228. The number of esters is 1. The molecular formula is C32H52O10. The summed E-state index contributed by atoms with van der Waals surface area (Å²) >= 11 is 0. The summed E-state index contributed by atoms with van der Waals surface area (Å²) in [5.74, 6) is 0.829. The van der Waals surface area contributed by atoms with Crippen LogP contribution >= 0.6 is 0 Å². The second-order valence-corrected chi connectivity index (χ2v) is 14.1. The fourth-order valence-corrected chi connectivity index (χ4v) is 9.03. The first kappa shape index (κ1) is 32.3. The van der Waals surface area contributed by atoms with E-state index in [4.69, 9.17) is 18.9 Å². The number of carbonyl (C=O) groups excluding carboxylic acids is 1. The van der Waals surface area contributed by atoms with Crippen LogP contribution in [0.15, 0.2) is 12.2 Å². The Morgan fingerprint density at radius 3 is 2.48 bits per heavy atom. The molecule has 2 aliphatic heterocycles. The summed E-state index contributed by atoms with van der Waals surface area (Å²) in [7, 11) is 0. The number of allylic oxidation sites excluding steroid dienone is 1. The van der Waals surface area contributed by atoms with Crippen molar-refractivity contribution in [2.75, 3.05) is 13.2 Å². The van der Waals surface area contributed by atoms with Crippen molar-refractivity contribution in [3.8, 4) is 0 Å². The summed E-state index contributed by atoms with van der Waals surface area (Å²) in [5.41, 5.74) is 0.633. The van der Waals surface area contributed by atoms with Gasteiger partial charge in [0.25, 0.3) is 0 Å². The zero-order valence-corrected chi connectivity index (χ0v) is 25.2. The highest BCUT2D eigenvalue weighted by molar-refractivity contribution is 5.77. The molecule has 2 heterocycles. The summed E-state index contributed by atoms with van der Waals surface area (Å²) in [6.07, 6.45) is 1.28. The minimum Gasteiger partial charge on any atom is -0.432 e. The van der Waals surface area contributed by atoms with E-state index < -0.39 is 61.2 Å². The number of hydrogen-bond donors (Lipinski definition) is 5. The maximum Gasteiger partial charge on any atom is 0.314 e. The van der Waals surface area contributed by atoms with Crippen molar-refractivity contribution >= 4 is 5.97 Å². The Hall–Kier alpha value is -1.11. The summed E-state index contributed by atoms with van der Waals surface area (Å²) < 4.78 is 23.7. The third kappa shape index (κ3) is 6.20. The van der Waals surface area contributed by atoms with Crippen molar-refractivity contribution < 1.29 is 49.3 Å². The molecule has 3 saturated carbocycles. The van der Waals surface area contributed by atoms with Crippen LogP contribution < -0.4 is 0 Å². The smallest absolute Gasteiger partial charge is 0.314 e. The molecule has 5 rings (SSSR count). The van der Waals surface area contributed by atoms with Crippen LogP contribution in [-0.4, -0.2) is 93.9 Å². The van der Waals surface area contributed by atoms with Crippen LogP contribution in [0.4, 0.5) is 0 Å². The van der Waals surface area contributed by atoms with Gasteiger partial charge in [0.2, 0.25) is 6.29 Å². The summed E-state index contributed by atoms with van der Waals surface area (Å²) in [4.78, 5) is 14.3. The Labute approximate surface area is 249 Å². The third-order valence-corrected chi connectivity index (χ3v) is 11.6. The number of fused-ring (bicyclic) bond motifs is 5. The molecule has 0 unspecified atom stereocenters. The first-order valence-corrected chi connectivity index (χ1v) is 16.1. The lowest BCUT2D eigenvalue weighted by molar-refractivity contribution is -0.331. The predicted molar refractivity (Wildman–Crippen MR) is 152 cm³/mol. The topological polar surface area (TPSA) is 155 Å². The van der Waals surface area contributed by atoms with E-state index in [2.05, 4.69) is 13.5 Å². The first-order chi connectivity index (χ1) is 20.0. The van der Waals surface area contributed by atoms with Gasteiger partial charge in [-0.05, 0) is 81.5 Å². The first-order valence-electron chi connectivity index (χ1n) is 16.1. The fourth-order valence-electron chi connectivity index (χ4n) is 9.03. The van der Waals surface area contributed by atoms with Crippen molar-refractivity contribution in [3.05, 3.63) is 12.2 Å². The van der Waals surface area contributed by atoms with Gasteiger partial charge in [-0.25, -0.2) is 0 Å². The monoisotopic (exact) mass is 596 g/mol. The predicted octanol–water partition coefficient (Wildman–Crippen LogP) is 2.57. The Kier molecular flexibility index (Phi) is 10.1. The third-order valence-electron chi connectivity index (χ3n) is 11.6. The van der Waals surface area contributed by atoms with Crippen LogP contribution in [0.2, 0.25) is 0 Å².